The number of hydrogen-bond donors (Lipinski definition) is 3. The van der Waals surface area contributed by atoms with Crippen LogP contribution in [0.5, 0.6) is 0 Å². The maximum atomic E-state index is 4.43. The zero-order chi connectivity index (χ0) is 8.97. The lowest BCUT2D eigenvalue weighted by atomic mass is 10.2. The molecule has 0 aliphatic carbocycles. The van der Waals surface area contributed by atoms with Crippen molar-refractivity contribution in [2.45, 2.75) is 24.8 Å². The third-order valence-electron chi connectivity index (χ3n) is 2.35. The predicted octanol–water partition coefficient (Wildman–Crippen LogP) is 0.856. The Morgan fingerprint density at radius 1 is 1.58 bits per heavy atom. The minimum absolute atomic E-state index is 0.380. The summed E-state index contributed by atoms with van der Waals surface area (Å²) in [5.41, 5.74) is 0. The lowest BCUT2D eigenvalue weighted by molar-refractivity contribution is 0.285. The highest BCUT2D eigenvalue weighted by Gasteiger charge is 2.16. The molecule has 1 heterocycles. The zero-order valence-electron chi connectivity index (χ0n) is 7.53. The third-order valence-corrected chi connectivity index (χ3v) is 3.11. The van der Waals surface area contributed by atoms with Crippen molar-refractivity contribution in [3.63, 3.8) is 0 Å². The van der Waals surface area contributed by atoms with Gasteiger partial charge in [0.15, 0.2) is 0 Å². The molecule has 2 nitrogen and oxygen atoms in total. The molecule has 1 N–H and O–H groups in total. The molecular weight excluding hydrogens is 188 g/mol. The molecule has 0 radical (unpaired) electrons. The lowest BCUT2D eigenvalue weighted by Gasteiger charge is -2.22. The highest BCUT2D eigenvalue weighted by atomic mass is 32.1. The molecular formula is C8H18N2S2. The second-order valence-corrected chi connectivity index (χ2v) is 4.40. The summed E-state index contributed by atoms with van der Waals surface area (Å²) in [5.74, 6) is 0.939. The Kier molecular flexibility index (Phi) is 4.79. The van der Waals surface area contributed by atoms with Crippen LogP contribution in [-0.4, -0.2) is 41.7 Å². The van der Waals surface area contributed by atoms with Crippen molar-refractivity contribution < 1.29 is 0 Å². The smallest absolute Gasteiger partial charge is 0.0499 e. The summed E-state index contributed by atoms with van der Waals surface area (Å²) in [6, 6.07) is 0.588. The Bertz CT molecular complexity index is 130. The number of thiol groups is 2. The summed E-state index contributed by atoms with van der Waals surface area (Å²) < 4.78 is 0. The molecule has 72 valence electrons. The Morgan fingerprint density at radius 3 is 2.92 bits per heavy atom. The van der Waals surface area contributed by atoms with E-state index in [-0.39, 0.29) is 0 Å². The van der Waals surface area contributed by atoms with Crippen LogP contribution in [0.15, 0.2) is 0 Å². The van der Waals surface area contributed by atoms with E-state index in [1.165, 1.54) is 6.42 Å². The van der Waals surface area contributed by atoms with Crippen LogP contribution in [0.3, 0.4) is 0 Å². The van der Waals surface area contributed by atoms with Crippen LogP contribution in [0.1, 0.15) is 13.3 Å². The normalized spacial score (nSPS) is 29.8. The second kappa shape index (κ2) is 5.37. The third kappa shape index (κ3) is 3.17. The van der Waals surface area contributed by atoms with E-state index in [0.717, 1.165) is 25.4 Å². The summed E-state index contributed by atoms with van der Waals surface area (Å²) in [6.07, 6.45) is 1.19. The van der Waals surface area contributed by atoms with E-state index in [2.05, 4.69) is 42.4 Å². The average molecular weight is 206 g/mol. The van der Waals surface area contributed by atoms with Crippen LogP contribution in [0.4, 0.5) is 0 Å². The molecule has 4 heteroatoms. The topological polar surface area (TPSA) is 15.3 Å². The monoisotopic (exact) mass is 206 g/mol. The van der Waals surface area contributed by atoms with Crippen molar-refractivity contribution in [3.05, 3.63) is 0 Å². The molecule has 1 aliphatic heterocycles. The van der Waals surface area contributed by atoms with Gasteiger partial charge in [-0.25, -0.2) is 0 Å². The van der Waals surface area contributed by atoms with Crippen molar-refractivity contribution in [2.75, 3.05) is 25.4 Å². The number of nitrogens with one attached hydrogen (secondary N) is 1. The SMILES string of the molecule is CC(S)N1CCNC(CS)CC1. The molecule has 2 atom stereocenters. The summed E-state index contributed by atoms with van der Waals surface area (Å²) in [6.45, 7) is 5.44. The van der Waals surface area contributed by atoms with Gasteiger partial charge in [0.2, 0.25) is 0 Å². The van der Waals surface area contributed by atoms with Crippen LogP contribution in [0, 0.1) is 0 Å². The van der Waals surface area contributed by atoms with Crippen molar-refractivity contribution in [2.24, 2.45) is 0 Å². The molecule has 2 unspecified atom stereocenters. The van der Waals surface area contributed by atoms with E-state index in [1.807, 2.05) is 0 Å². The Hall–Kier alpha value is 0.620. The van der Waals surface area contributed by atoms with Gasteiger partial charge in [-0.1, -0.05) is 0 Å². The lowest BCUT2D eigenvalue weighted by Crippen LogP contribution is -2.33. The molecule has 1 rings (SSSR count). The van der Waals surface area contributed by atoms with Crippen LogP contribution in [0.2, 0.25) is 0 Å². The first-order valence-electron chi connectivity index (χ1n) is 4.50. The molecule has 0 saturated carbocycles. The summed E-state index contributed by atoms with van der Waals surface area (Å²) in [4.78, 5) is 2.39. The van der Waals surface area contributed by atoms with Gasteiger partial charge in [-0.05, 0) is 13.3 Å². The fourth-order valence-corrected chi connectivity index (χ4v) is 2.02. The van der Waals surface area contributed by atoms with E-state index in [1.54, 1.807) is 0 Å². The number of hydrogen-bond acceptors (Lipinski definition) is 4. The van der Waals surface area contributed by atoms with Gasteiger partial charge in [-0.3, -0.25) is 4.90 Å². The zero-order valence-corrected chi connectivity index (χ0v) is 9.32. The van der Waals surface area contributed by atoms with E-state index >= 15 is 0 Å². The van der Waals surface area contributed by atoms with Crippen molar-refractivity contribution in [1.29, 1.82) is 0 Å². The van der Waals surface area contributed by atoms with Crippen LogP contribution in [-0.2, 0) is 0 Å². The van der Waals surface area contributed by atoms with Gasteiger partial charge in [-0.2, -0.15) is 25.3 Å². The number of nitrogens with zero attached hydrogens (tertiary/aromatic N) is 1. The van der Waals surface area contributed by atoms with E-state index < -0.39 is 0 Å². The molecule has 1 fully saturated rings. The van der Waals surface area contributed by atoms with Crippen LogP contribution >= 0.6 is 25.3 Å². The molecule has 0 spiro atoms. The highest BCUT2D eigenvalue weighted by Crippen LogP contribution is 2.08. The summed E-state index contributed by atoms with van der Waals surface area (Å²) in [7, 11) is 0. The van der Waals surface area contributed by atoms with Gasteiger partial charge in [0, 0.05) is 36.8 Å². The maximum absolute atomic E-state index is 4.43. The highest BCUT2D eigenvalue weighted by molar-refractivity contribution is 7.80. The predicted molar refractivity (Wildman–Crippen MR) is 60.3 cm³/mol. The second-order valence-electron chi connectivity index (χ2n) is 3.29. The molecule has 1 saturated heterocycles. The molecule has 12 heavy (non-hydrogen) atoms. The standard InChI is InChI=1S/C8H18N2S2/c1-7(12)10-4-2-8(6-11)9-3-5-10/h7-9,11-12H,2-6H2,1H3. The molecule has 0 bridgehead atoms. The Labute approximate surface area is 85.9 Å². The maximum Gasteiger partial charge on any atom is 0.0499 e. The van der Waals surface area contributed by atoms with Crippen LogP contribution in [0.25, 0.3) is 0 Å². The van der Waals surface area contributed by atoms with Gasteiger partial charge in [-0.15, -0.1) is 0 Å². The van der Waals surface area contributed by atoms with Gasteiger partial charge >= 0.3 is 0 Å². The van der Waals surface area contributed by atoms with Crippen molar-refractivity contribution in [3.8, 4) is 0 Å². The van der Waals surface area contributed by atoms with Gasteiger partial charge in [0.1, 0.15) is 0 Å². The summed E-state index contributed by atoms with van der Waals surface area (Å²) >= 11 is 8.72. The number of rotatable bonds is 2. The molecule has 0 aromatic heterocycles. The fraction of sp³-hybridized carbons (Fsp3) is 1.00. The van der Waals surface area contributed by atoms with Crippen molar-refractivity contribution in [1.82, 2.24) is 10.2 Å². The first-order valence-corrected chi connectivity index (χ1v) is 5.65. The van der Waals surface area contributed by atoms with E-state index in [0.29, 0.717) is 11.4 Å². The molecule has 0 amide bonds. The molecule has 1 aliphatic rings. The molecule has 0 aromatic rings. The fourth-order valence-electron chi connectivity index (χ4n) is 1.48. The first-order chi connectivity index (χ1) is 5.74. The summed E-state index contributed by atoms with van der Waals surface area (Å²) in [5, 5.41) is 3.84. The minimum atomic E-state index is 0.380. The first kappa shape index (κ1) is 10.7. The van der Waals surface area contributed by atoms with Crippen molar-refractivity contribution >= 4 is 25.3 Å². The quantitative estimate of drug-likeness (QED) is 0.581. The largest absolute Gasteiger partial charge is 0.312 e. The Balaban J connectivity index is 2.34. The van der Waals surface area contributed by atoms with Crippen LogP contribution < -0.4 is 5.32 Å². The molecule has 0 aromatic carbocycles. The van der Waals surface area contributed by atoms with Gasteiger partial charge < -0.3 is 5.32 Å². The average Bonchev–Trinajstić information content (AvgIpc) is 2.28. The minimum Gasteiger partial charge on any atom is -0.312 e. The van der Waals surface area contributed by atoms with E-state index in [4.69, 9.17) is 0 Å². The van der Waals surface area contributed by atoms with Gasteiger partial charge in [0.05, 0.1) is 0 Å². The Morgan fingerprint density at radius 2 is 2.33 bits per heavy atom. The van der Waals surface area contributed by atoms with E-state index in [9.17, 15) is 0 Å². The van der Waals surface area contributed by atoms with Gasteiger partial charge in [0.25, 0.3) is 0 Å².